The second-order valence-electron chi connectivity index (χ2n) is 4.02. The van der Waals surface area contributed by atoms with Gasteiger partial charge < -0.3 is 9.87 Å². The van der Waals surface area contributed by atoms with E-state index in [2.05, 4.69) is 45.6 Å². The summed E-state index contributed by atoms with van der Waals surface area (Å²) < 4.78 is 29.4. The molecule has 0 fully saturated rings. The quantitative estimate of drug-likeness (QED) is 0.546. The van der Waals surface area contributed by atoms with Gasteiger partial charge in [-0.1, -0.05) is 0 Å². The van der Waals surface area contributed by atoms with Crippen LogP contribution in [0.1, 0.15) is 34.1 Å². The van der Waals surface area contributed by atoms with Gasteiger partial charge in [-0.3, -0.25) is 0 Å². The fraction of sp³-hybridized carbons (Fsp3) is 1.00. The highest BCUT2D eigenvalue weighted by Crippen LogP contribution is 1.88. The number of nitrogens with two attached hydrogens (primary N) is 1. The molecule has 4 nitrogen and oxygen atoms in total. The van der Waals surface area contributed by atoms with Crippen LogP contribution < -0.4 is 5.32 Å². The van der Waals surface area contributed by atoms with Gasteiger partial charge in [-0.2, -0.15) is 12.6 Å². The van der Waals surface area contributed by atoms with Crippen LogP contribution in [0.4, 0.5) is 0 Å². The smallest absolute Gasteiger partial charge is 0.0946 e. The molecule has 0 unspecified atom stereocenters. The molecule has 0 saturated heterocycles. The number of hydrogen-bond acceptors (Lipinski definition) is 4. The van der Waals surface area contributed by atoms with E-state index >= 15 is 0 Å². The Morgan fingerprint density at radius 1 is 1.20 bits per heavy atom. The minimum atomic E-state index is -3.99. The topological polar surface area (TPSA) is 73.8 Å². The molecule has 0 aromatic rings. The Hall–Kier alpha value is 0.220. The predicted molar refractivity (Wildman–Crippen MR) is 65.2 cm³/mol. The van der Waals surface area contributed by atoms with E-state index in [9.17, 15) is 13.0 Å². The van der Waals surface area contributed by atoms with E-state index in [0.29, 0.717) is 12.2 Å². The molecule has 0 aromatic heterocycles. The van der Waals surface area contributed by atoms with Crippen molar-refractivity contribution in [2.45, 2.75) is 46.2 Å². The van der Waals surface area contributed by atoms with Crippen LogP contribution in [0.3, 0.4) is 0 Å². The predicted octanol–water partition coefficient (Wildman–Crippen LogP) is 0.218. The SMILES string of the molecule is CC(C)[NH2+]C(C)C.O=S(=O)([O-])CCCS. The molecule has 0 amide bonds. The molecule has 0 radical (unpaired) electrons. The minimum absolute atomic E-state index is 0.295. The number of rotatable bonds is 5. The first-order valence-corrected chi connectivity index (χ1v) is 7.29. The third-order valence-corrected chi connectivity index (χ3v) is 2.43. The van der Waals surface area contributed by atoms with Crippen molar-refractivity contribution in [3.05, 3.63) is 0 Å². The van der Waals surface area contributed by atoms with Gasteiger partial charge in [-0.25, -0.2) is 8.42 Å². The third-order valence-electron chi connectivity index (χ3n) is 1.32. The Morgan fingerprint density at radius 2 is 1.60 bits per heavy atom. The maximum Gasteiger partial charge on any atom is 0.0946 e. The molecule has 94 valence electrons. The second kappa shape index (κ2) is 9.45. The van der Waals surface area contributed by atoms with E-state index in [0.717, 1.165) is 12.1 Å². The van der Waals surface area contributed by atoms with Crippen molar-refractivity contribution in [3.63, 3.8) is 0 Å². The summed E-state index contributed by atoms with van der Waals surface area (Å²) >= 11 is 3.73. The molecule has 0 aliphatic carbocycles. The van der Waals surface area contributed by atoms with Gasteiger partial charge in [0.05, 0.1) is 22.2 Å². The highest BCUT2D eigenvalue weighted by molar-refractivity contribution is 7.85. The maximum atomic E-state index is 9.80. The molecule has 6 heteroatoms. The van der Waals surface area contributed by atoms with E-state index in [1.807, 2.05) is 0 Å². The Balaban J connectivity index is 0. The zero-order valence-electron chi connectivity index (χ0n) is 9.93. The first kappa shape index (κ1) is 17.6. The normalized spacial score (nSPS) is 11.5. The fourth-order valence-corrected chi connectivity index (χ4v) is 1.88. The molecule has 0 aliphatic rings. The average Bonchev–Trinajstić information content (AvgIpc) is 1.97. The van der Waals surface area contributed by atoms with Crippen molar-refractivity contribution in [3.8, 4) is 0 Å². The van der Waals surface area contributed by atoms with Gasteiger partial charge >= 0.3 is 0 Å². The number of hydrogen-bond donors (Lipinski definition) is 2. The molecule has 0 spiro atoms. The summed E-state index contributed by atoms with van der Waals surface area (Å²) in [7, 11) is -3.99. The van der Waals surface area contributed by atoms with Crippen LogP contribution in [0.2, 0.25) is 0 Å². The molecule has 0 saturated carbocycles. The molecular formula is C9H23NO3S2. The van der Waals surface area contributed by atoms with Gasteiger partial charge in [-0.15, -0.1) is 0 Å². The molecule has 0 atom stereocenters. The standard InChI is InChI=1S/C6H15N.C3H8O3S2/c1-5(2)7-6(3)4;4-8(5,6)3-1-2-7/h5-7H,1-4H3;7H,1-3H2,(H,4,5,6). The highest BCUT2D eigenvalue weighted by Gasteiger charge is 1.97. The zero-order valence-corrected chi connectivity index (χ0v) is 11.6. The number of quaternary nitrogens is 1. The lowest BCUT2D eigenvalue weighted by Crippen LogP contribution is -2.92. The highest BCUT2D eigenvalue weighted by atomic mass is 32.2. The van der Waals surface area contributed by atoms with Crippen LogP contribution in [0, 0.1) is 0 Å². The van der Waals surface area contributed by atoms with Gasteiger partial charge in [0.2, 0.25) is 0 Å². The van der Waals surface area contributed by atoms with E-state index in [1.165, 1.54) is 0 Å². The summed E-state index contributed by atoms with van der Waals surface area (Å²) in [6, 6.07) is 1.50. The summed E-state index contributed by atoms with van der Waals surface area (Å²) in [5.74, 6) is 0.151. The first-order chi connectivity index (χ1) is 6.69. The molecule has 2 N–H and O–H groups in total. The summed E-state index contributed by atoms with van der Waals surface area (Å²) in [4.78, 5) is 0. The van der Waals surface area contributed by atoms with Crippen molar-refractivity contribution in [2.24, 2.45) is 0 Å². The monoisotopic (exact) mass is 257 g/mol. The minimum Gasteiger partial charge on any atom is -0.748 e. The summed E-state index contributed by atoms with van der Waals surface area (Å²) in [5.41, 5.74) is 0. The molecule has 0 aliphatic heterocycles. The first-order valence-electron chi connectivity index (χ1n) is 5.08. The molecular weight excluding hydrogens is 234 g/mol. The Morgan fingerprint density at radius 3 is 1.67 bits per heavy atom. The maximum absolute atomic E-state index is 9.80. The van der Waals surface area contributed by atoms with Crippen molar-refractivity contribution in [2.75, 3.05) is 11.5 Å². The van der Waals surface area contributed by atoms with Crippen molar-refractivity contribution in [1.82, 2.24) is 0 Å². The lowest BCUT2D eigenvalue weighted by molar-refractivity contribution is -0.709. The van der Waals surface area contributed by atoms with E-state index in [4.69, 9.17) is 0 Å². The van der Waals surface area contributed by atoms with Crippen molar-refractivity contribution >= 4 is 22.7 Å². The molecule has 0 bridgehead atoms. The van der Waals surface area contributed by atoms with Crippen LogP contribution in [0.5, 0.6) is 0 Å². The van der Waals surface area contributed by atoms with Gasteiger partial charge in [0.15, 0.2) is 0 Å². The third kappa shape index (κ3) is 25.0. The van der Waals surface area contributed by atoms with Gasteiger partial charge in [-0.05, 0) is 39.9 Å². The Bertz CT molecular complexity index is 220. The van der Waals surface area contributed by atoms with Crippen LogP contribution in [-0.2, 0) is 10.1 Å². The lowest BCUT2D eigenvalue weighted by atomic mass is 10.3. The van der Waals surface area contributed by atoms with E-state index in [1.54, 1.807) is 0 Å². The van der Waals surface area contributed by atoms with Crippen molar-refractivity contribution in [1.29, 1.82) is 0 Å². The van der Waals surface area contributed by atoms with Crippen LogP contribution in [0.15, 0.2) is 0 Å². The summed E-state index contributed by atoms with van der Waals surface area (Å²) in [6.45, 7) is 8.83. The lowest BCUT2D eigenvalue weighted by Gasteiger charge is -2.06. The van der Waals surface area contributed by atoms with Crippen molar-refractivity contribution < 1.29 is 18.3 Å². The molecule has 0 heterocycles. The zero-order chi connectivity index (χ0) is 12.5. The van der Waals surface area contributed by atoms with Gasteiger partial charge in [0.1, 0.15) is 0 Å². The summed E-state index contributed by atoms with van der Waals surface area (Å²) in [6.07, 6.45) is 0.342. The number of thiol groups is 1. The van der Waals surface area contributed by atoms with Crippen LogP contribution >= 0.6 is 12.6 Å². The Labute approximate surface area is 99.0 Å². The average molecular weight is 257 g/mol. The Kier molecular flexibility index (Phi) is 11.1. The second-order valence-corrected chi connectivity index (χ2v) is 5.99. The summed E-state index contributed by atoms with van der Waals surface area (Å²) in [5, 5.41) is 2.33. The largest absolute Gasteiger partial charge is 0.748 e. The molecule has 15 heavy (non-hydrogen) atoms. The van der Waals surface area contributed by atoms with Gasteiger partial charge in [0.25, 0.3) is 0 Å². The van der Waals surface area contributed by atoms with Gasteiger partial charge in [0, 0.05) is 5.75 Å². The van der Waals surface area contributed by atoms with Crippen LogP contribution in [-0.4, -0.2) is 36.6 Å². The van der Waals surface area contributed by atoms with E-state index < -0.39 is 10.1 Å². The fourth-order valence-electron chi connectivity index (χ4n) is 1.01. The molecule has 0 aromatic carbocycles. The molecule has 0 rings (SSSR count). The van der Waals surface area contributed by atoms with Crippen LogP contribution in [0.25, 0.3) is 0 Å². The van der Waals surface area contributed by atoms with E-state index in [-0.39, 0.29) is 5.75 Å².